The Bertz CT molecular complexity index is 192. The van der Waals surface area contributed by atoms with Crippen LogP contribution in [0.4, 0.5) is 0 Å². The van der Waals surface area contributed by atoms with Gasteiger partial charge in [0.1, 0.15) is 0 Å². The van der Waals surface area contributed by atoms with E-state index in [1.807, 2.05) is 43.2 Å². The van der Waals surface area contributed by atoms with Crippen LogP contribution in [0.15, 0.2) is 24.5 Å². The zero-order valence-electron chi connectivity index (χ0n) is 9.96. The van der Waals surface area contributed by atoms with E-state index < -0.39 is 0 Å². The van der Waals surface area contributed by atoms with Gasteiger partial charge in [0.15, 0.2) is 0 Å². The van der Waals surface area contributed by atoms with Gasteiger partial charge < -0.3 is 9.88 Å². The molecule has 0 aromatic carbocycles. The Kier molecular flexibility index (Phi) is 8.34. The number of hydrogen-bond acceptors (Lipinski definition) is 1. The molecule has 1 unspecified atom stereocenters. The Balaban J connectivity index is 0.000000249. The molecule has 82 valence electrons. The van der Waals surface area contributed by atoms with Gasteiger partial charge in [0, 0.05) is 19.4 Å². The first kappa shape index (κ1) is 13.2. The summed E-state index contributed by atoms with van der Waals surface area (Å²) in [4.78, 5) is 0. The zero-order chi connectivity index (χ0) is 10.8. The number of nitrogens with one attached hydrogen (secondary N) is 1. The van der Waals surface area contributed by atoms with Crippen molar-refractivity contribution in [2.45, 2.75) is 26.7 Å². The maximum atomic E-state index is 3.13. The highest BCUT2D eigenvalue weighted by Gasteiger charge is 1.94. The molecule has 0 aliphatic carbocycles. The van der Waals surface area contributed by atoms with Gasteiger partial charge in [-0.15, -0.1) is 0 Å². The molecular weight excluding hydrogens is 172 g/mol. The molecule has 1 atom stereocenters. The summed E-state index contributed by atoms with van der Waals surface area (Å²) in [6.45, 7) is 5.69. The molecule has 0 saturated heterocycles. The van der Waals surface area contributed by atoms with Crippen molar-refractivity contribution in [1.29, 1.82) is 0 Å². The highest BCUT2D eigenvalue weighted by Crippen LogP contribution is 2.03. The molecule has 0 spiro atoms. The van der Waals surface area contributed by atoms with Gasteiger partial charge in [-0.05, 0) is 38.1 Å². The quantitative estimate of drug-likeness (QED) is 0.783. The van der Waals surface area contributed by atoms with E-state index in [4.69, 9.17) is 0 Å². The van der Waals surface area contributed by atoms with Crippen LogP contribution < -0.4 is 5.32 Å². The number of aromatic nitrogens is 1. The van der Waals surface area contributed by atoms with E-state index in [9.17, 15) is 0 Å². The lowest BCUT2D eigenvalue weighted by Crippen LogP contribution is -2.10. The summed E-state index contributed by atoms with van der Waals surface area (Å²) in [5, 5.41) is 3.13. The van der Waals surface area contributed by atoms with E-state index in [-0.39, 0.29) is 0 Å². The fraction of sp³-hybridized carbons (Fsp3) is 0.667. The van der Waals surface area contributed by atoms with Crippen molar-refractivity contribution >= 4 is 0 Å². The molecule has 0 fully saturated rings. The first-order valence-electron chi connectivity index (χ1n) is 5.42. The van der Waals surface area contributed by atoms with Crippen molar-refractivity contribution in [3.05, 3.63) is 24.5 Å². The van der Waals surface area contributed by atoms with Gasteiger partial charge in [-0.1, -0.05) is 20.3 Å². The number of aryl methyl sites for hydroxylation is 1. The van der Waals surface area contributed by atoms with Crippen molar-refractivity contribution in [1.82, 2.24) is 9.88 Å². The lowest BCUT2D eigenvalue weighted by atomic mass is 10.1. The fourth-order valence-electron chi connectivity index (χ4n) is 1.02. The summed E-state index contributed by atoms with van der Waals surface area (Å²) >= 11 is 0. The van der Waals surface area contributed by atoms with Crippen LogP contribution in [0, 0.1) is 5.92 Å². The van der Waals surface area contributed by atoms with Gasteiger partial charge in [-0.2, -0.15) is 0 Å². The number of rotatable bonds is 4. The summed E-state index contributed by atoms with van der Waals surface area (Å²) < 4.78 is 2.00. The number of nitrogens with zero attached hydrogens (tertiary/aromatic N) is 1. The summed E-state index contributed by atoms with van der Waals surface area (Å²) in [6, 6.07) is 4.00. The smallest absolute Gasteiger partial charge is 0.0106 e. The molecule has 0 aliphatic heterocycles. The monoisotopic (exact) mass is 196 g/mol. The van der Waals surface area contributed by atoms with Crippen molar-refractivity contribution in [3.63, 3.8) is 0 Å². The molecule has 1 aromatic rings. The van der Waals surface area contributed by atoms with Crippen molar-refractivity contribution in [2.75, 3.05) is 13.6 Å². The molecule has 0 aliphatic rings. The largest absolute Gasteiger partial charge is 0.357 e. The third kappa shape index (κ3) is 7.87. The van der Waals surface area contributed by atoms with Gasteiger partial charge in [0.2, 0.25) is 0 Å². The molecule has 0 bridgehead atoms. The SMILES string of the molecule is CCC(C)CCNC.Cn1cccc1. The lowest BCUT2D eigenvalue weighted by Gasteiger charge is -2.05. The Morgan fingerprint density at radius 2 is 1.86 bits per heavy atom. The van der Waals surface area contributed by atoms with Crippen LogP contribution in [0.3, 0.4) is 0 Å². The van der Waals surface area contributed by atoms with Crippen molar-refractivity contribution in [2.24, 2.45) is 13.0 Å². The second kappa shape index (κ2) is 8.82. The molecular formula is C12H24N2. The van der Waals surface area contributed by atoms with E-state index in [2.05, 4.69) is 19.2 Å². The van der Waals surface area contributed by atoms with Crippen LogP contribution in [0.1, 0.15) is 26.7 Å². The van der Waals surface area contributed by atoms with Crippen molar-refractivity contribution in [3.8, 4) is 0 Å². The first-order chi connectivity index (χ1) is 6.70. The summed E-state index contributed by atoms with van der Waals surface area (Å²) in [5.41, 5.74) is 0. The molecule has 14 heavy (non-hydrogen) atoms. The summed E-state index contributed by atoms with van der Waals surface area (Å²) in [5.74, 6) is 0.891. The second-order valence-corrected chi connectivity index (χ2v) is 3.75. The van der Waals surface area contributed by atoms with E-state index >= 15 is 0 Å². The Labute approximate surface area is 88.3 Å². The van der Waals surface area contributed by atoms with Crippen molar-refractivity contribution < 1.29 is 0 Å². The second-order valence-electron chi connectivity index (χ2n) is 3.75. The van der Waals surface area contributed by atoms with Crippen LogP contribution in [-0.4, -0.2) is 18.2 Å². The Morgan fingerprint density at radius 1 is 1.29 bits per heavy atom. The maximum Gasteiger partial charge on any atom is 0.0106 e. The fourth-order valence-corrected chi connectivity index (χ4v) is 1.02. The molecule has 0 radical (unpaired) electrons. The van der Waals surface area contributed by atoms with Gasteiger partial charge in [0.25, 0.3) is 0 Å². The molecule has 0 saturated carbocycles. The predicted octanol–water partition coefficient (Wildman–Crippen LogP) is 2.67. The Morgan fingerprint density at radius 3 is 2.14 bits per heavy atom. The van der Waals surface area contributed by atoms with Crippen LogP contribution in [-0.2, 0) is 7.05 Å². The third-order valence-electron chi connectivity index (χ3n) is 2.34. The molecule has 2 heteroatoms. The average molecular weight is 196 g/mol. The van der Waals surface area contributed by atoms with Crippen LogP contribution in [0.5, 0.6) is 0 Å². The van der Waals surface area contributed by atoms with Crippen LogP contribution >= 0.6 is 0 Å². The van der Waals surface area contributed by atoms with E-state index in [0.717, 1.165) is 12.5 Å². The third-order valence-corrected chi connectivity index (χ3v) is 2.34. The molecule has 2 nitrogen and oxygen atoms in total. The minimum Gasteiger partial charge on any atom is -0.357 e. The summed E-state index contributed by atoms with van der Waals surface area (Å²) in [6.07, 6.45) is 6.62. The molecule has 1 heterocycles. The molecule has 0 amide bonds. The zero-order valence-corrected chi connectivity index (χ0v) is 9.96. The standard InChI is InChI=1S/C7H17N.C5H7N/c1-4-7(2)5-6-8-3;1-6-4-2-3-5-6/h7-8H,4-6H2,1-3H3;2-5H,1H3. The molecule has 1 aromatic heterocycles. The van der Waals surface area contributed by atoms with E-state index in [1.54, 1.807) is 0 Å². The predicted molar refractivity (Wildman–Crippen MR) is 63.4 cm³/mol. The van der Waals surface area contributed by atoms with E-state index in [0.29, 0.717) is 0 Å². The van der Waals surface area contributed by atoms with E-state index in [1.165, 1.54) is 12.8 Å². The van der Waals surface area contributed by atoms with Crippen LogP contribution in [0.25, 0.3) is 0 Å². The minimum absolute atomic E-state index is 0.891. The number of hydrogen-bond donors (Lipinski definition) is 1. The minimum atomic E-state index is 0.891. The van der Waals surface area contributed by atoms with Crippen LogP contribution in [0.2, 0.25) is 0 Å². The van der Waals surface area contributed by atoms with Gasteiger partial charge >= 0.3 is 0 Å². The topological polar surface area (TPSA) is 17.0 Å². The maximum absolute atomic E-state index is 3.13. The average Bonchev–Trinajstić information content (AvgIpc) is 2.66. The molecule has 1 rings (SSSR count). The van der Waals surface area contributed by atoms with Gasteiger partial charge in [-0.3, -0.25) is 0 Å². The molecule has 1 N–H and O–H groups in total. The van der Waals surface area contributed by atoms with Gasteiger partial charge in [-0.25, -0.2) is 0 Å². The first-order valence-corrected chi connectivity index (χ1v) is 5.42. The summed E-state index contributed by atoms with van der Waals surface area (Å²) in [7, 11) is 4.00. The lowest BCUT2D eigenvalue weighted by molar-refractivity contribution is 0.503. The highest BCUT2D eigenvalue weighted by molar-refractivity contribution is 4.88. The Hall–Kier alpha value is -0.760. The van der Waals surface area contributed by atoms with Gasteiger partial charge in [0.05, 0.1) is 0 Å². The highest BCUT2D eigenvalue weighted by atomic mass is 14.9. The normalized spacial score (nSPS) is 11.7.